The summed E-state index contributed by atoms with van der Waals surface area (Å²) in [5, 5.41) is 1.95. The van der Waals surface area contributed by atoms with E-state index in [0.717, 1.165) is 9.86 Å². The van der Waals surface area contributed by atoms with Crippen molar-refractivity contribution >= 4 is 61.7 Å². The van der Waals surface area contributed by atoms with E-state index < -0.39 is 11.8 Å². The highest BCUT2D eigenvalue weighted by atomic mass is 79.9. The highest BCUT2D eigenvalue weighted by molar-refractivity contribution is 9.10. The van der Waals surface area contributed by atoms with Gasteiger partial charge in [-0.05, 0) is 60.0 Å². The summed E-state index contributed by atoms with van der Waals surface area (Å²) in [6.07, 6.45) is 0. The molecule has 0 bridgehead atoms. The Kier molecular flexibility index (Phi) is 6.51. The molecular weight excluding hydrogens is 544 g/mol. The van der Waals surface area contributed by atoms with Gasteiger partial charge in [-0.2, -0.15) is 0 Å². The molecule has 4 aromatic rings. The van der Waals surface area contributed by atoms with Crippen molar-refractivity contribution in [3.8, 4) is 5.75 Å². The highest BCUT2D eigenvalue weighted by Crippen LogP contribution is 2.35. The maximum Gasteiger partial charge on any atom is 0.261 e. The quantitative estimate of drug-likeness (QED) is 0.262. The van der Waals surface area contributed by atoms with Gasteiger partial charge < -0.3 is 9.64 Å². The molecule has 0 saturated carbocycles. The van der Waals surface area contributed by atoms with Crippen LogP contribution in [0.3, 0.4) is 0 Å². The second-order valence-corrected chi connectivity index (χ2v) is 9.51. The molecule has 0 atom stereocenters. The third kappa shape index (κ3) is 4.14. The number of carbonyl (C=O) groups is 3. The molecule has 1 aliphatic heterocycles. The molecule has 36 heavy (non-hydrogen) atoms. The van der Waals surface area contributed by atoms with Gasteiger partial charge in [0, 0.05) is 44.7 Å². The van der Waals surface area contributed by atoms with Crippen LogP contribution in [0.25, 0.3) is 10.8 Å². The number of carbonyl (C=O) groups excluding carboxylic acids is 3. The van der Waals surface area contributed by atoms with E-state index in [1.54, 1.807) is 72.8 Å². The molecule has 1 aliphatic rings. The van der Waals surface area contributed by atoms with Gasteiger partial charge in [0.15, 0.2) is 0 Å². The van der Waals surface area contributed by atoms with Crippen molar-refractivity contribution in [2.75, 3.05) is 25.1 Å². The fourth-order valence-electron chi connectivity index (χ4n) is 4.45. The third-order valence-electron chi connectivity index (χ3n) is 6.20. The minimum absolute atomic E-state index is 0.000929. The topological polar surface area (TPSA) is 66.9 Å². The highest BCUT2D eigenvalue weighted by Gasteiger charge is 2.34. The predicted octanol–water partition coefficient (Wildman–Crippen LogP) is 6.21. The Bertz CT molecular complexity index is 1500. The summed E-state index contributed by atoms with van der Waals surface area (Å²) in [6, 6.07) is 22.6. The first-order chi connectivity index (χ1) is 17.4. The Balaban J connectivity index is 1.50. The summed E-state index contributed by atoms with van der Waals surface area (Å²) in [4.78, 5) is 43.1. The number of amides is 3. The van der Waals surface area contributed by atoms with E-state index in [1.807, 2.05) is 6.07 Å². The Hall–Kier alpha value is -3.68. The van der Waals surface area contributed by atoms with Crippen molar-refractivity contribution in [3.63, 3.8) is 0 Å². The fourth-order valence-corrected chi connectivity index (χ4v) is 5.03. The first-order valence-corrected chi connectivity index (χ1v) is 12.4. The van der Waals surface area contributed by atoms with Crippen molar-refractivity contribution in [2.24, 2.45) is 0 Å². The zero-order valence-corrected chi connectivity index (χ0v) is 21.5. The number of imide groups is 1. The number of anilines is 1. The van der Waals surface area contributed by atoms with E-state index in [0.29, 0.717) is 38.5 Å². The Morgan fingerprint density at radius 2 is 1.61 bits per heavy atom. The molecular formula is C28H20BrClN2O4. The lowest BCUT2D eigenvalue weighted by atomic mass is 9.94. The van der Waals surface area contributed by atoms with Gasteiger partial charge in [0.05, 0.1) is 12.8 Å². The van der Waals surface area contributed by atoms with Gasteiger partial charge in [-0.25, -0.2) is 0 Å². The van der Waals surface area contributed by atoms with E-state index in [9.17, 15) is 14.4 Å². The van der Waals surface area contributed by atoms with Crippen molar-refractivity contribution < 1.29 is 19.1 Å². The molecule has 0 radical (unpaired) electrons. The molecule has 0 spiro atoms. The monoisotopic (exact) mass is 562 g/mol. The van der Waals surface area contributed by atoms with Crippen LogP contribution in [-0.4, -0.2) is 42.8 Å². The Labute approximate surface area is 221 Å². The number of para-hydroxylation sites is 2. The molecule has 6 nitrogen and oxygen atoms in total. The van der Waals surface area contributed by atoms with Crippen LogP contribution in [0.5, 0.6) is 5.75 Å². The molecule has 3 amide bonds. The SMILES string of the molecule is COc1ccccc1N(CCN1C(=O)c2cccc3c(Br)ccc(c23)C1=O)C(=O)c1ccc(Cl)cc1. The van der Waals surface area contributed by atoms with E-state index in [2.05, 4.69) is 15.9 Å². The lowest BCUT2D eigenvalue weighted by molar-refractivity contribution is 0.0611. The zero-order valence-electron chi connectivity index (χ0n) is 19.2. The van der Waals surface area contributed by atoms with Crippen LogP contribution in [0, 0.1) is 0 Å². The number of halogens is 2. The van der Waals surface area contributed by atoms with Gasteiger partial charge >= 0.3 is 0 Å². The average molecular weight is 564 g/mol. The molecule has 4 aromatic carbocycles. The number of hydrogen-bond acceptors (Lipinski definition) is 4. The summed E-state index contributed by atoms with van der Waals surface area (Å²) in [5.74, 6) is -0.596. The number of nitrogens with zero attached hydrogens (tertiary/aromatic N) is 2. The summed E-state index contributed by atoms with van der Waals surface area (Å²) in [7, 11) is 1.52. The lowest BCUT2D eigenvalue weighted by Gasteiger charge is -2.31. The molecule has 0 N–H and O–H groups in total. The minimum atomic E-state index is -0.393. The van der Waals surface area contributed by atoms with Crippen LogP contribution in [-0.2, 0) is 0 Å². The average Bonchev–Trinajstić information content (AvgIpc) is 2.90. The maximum atomic E-state index is 13.6. The Morgan fingerprint density at radius 1 is 0.917 bits per heavy atom. The normalized spacial score (nSPS) is 12.7. The van der Waals surface area contributed by atoms with Crippen molar-refractivity contribution in [2.45, 2.75) is 0 Å². The van der Waals surface area contributed by atoms with Crippen molar-refractivity contribution in [1.82, 2.24) is 4.90 Å². The molecule has 0 saturated heterocycles. The molecule has 0 fully saturated rings. The summed E-state index contributed by atoms with van der Waals surface area (Å²) in [6.45, 7) is 0.0715. The number of ether oxygens (including phenoxy) is 1. The van der Waals surface area contributed by atoms with E-state index in [4.69, 9.17) is 16.3 Å². The maximum absolute atomic E-state index is 13.6. The van der Waals surface area contributed by atoms with E-state index >= 15 is 0 Å². The largest absolute Gasteiger partial charge is 0.495 e. The van der Waals surface area contributed by atoms with Gasteiger partial charge in [0.25, 0.3) is 17.7 Å². The van der Waals surface area contributed by atoms with Gasteiger partial charge in [-0.15, -0.1) is 0 Å². The van der Waals surface area contributed by atoms with Crippen molar-refractivity contribution in [1.29, 1.82) is 0 Å². The Morgan fingerprint density at radius 3 is 2.33 bits per heavy atom. The molecule has 0 aromatic heterocycles. The smallest absolute Gasteiger partial charge is 0.261 e. The molecule has 0 unspecified atom stereocenters. The number of methoxy groups -OCH3 is 1. The second kappa shape index (κ2) is 9.76. The summed E-state index contributed by atoms with van der Waals surface area (Å²) in [5.41, 5.74) is 1.86. The fraction of sp³-hybridized carbons (Fsp3) is 0.107. The summed E-state index contributed by atoms with van der Waals surface area (Å²) >= 11 is 9.51. The second-order valence-electron chi connectivity index (χ2n) is 8.22. The van der Waals surface area contributed by atoms with Crippen LogP contribution in [0.4, 0.5) is 5.69 Å². The van der Waals surface area contributed by atoms with Crippen LogP contribution in [0.2, 0.25) is 5.02 Å². The van der Waals surface area contributed by atoms with Crippen LogP contribution in [0.15, 0.2) is 83.3 Å². The predicted molar refractivity (Wildman–Crippen MR) is 143 cm³/mol. The van der Waals surface area contributed by atoms with Crippen LogP contribution in [0.1, 0.15) is 31.1 Å². The lowest BCUT2D eigenvalue weighted by Crippen LogP contribution is -2.46. The van der Waals surface area contributed by atoms with Gasteiger partial charge in [-0.3, -0.25) is 19.3 Å². The minimum Gasteiger partial charge on any atom is -0.495 e. The van der Waals surface area contributed by atoms with Gasteiger partial charge in [0.2, 0.25) is 0 Å². The molecule has 1 heterocycles. The van der Waals surface area contributed by atoms with Gasteiger partial charge in [0.1, 0.15) is 5.75 Å². The van der Waals surface area contributed by atoms with Crippen LogP contribution < -0.4 is 9.64 Å². The molecule has 180 valence electrons. The third-order valence-corrected chi connectivity index (χ3v) is 7.14. The number of benzene rings is 4. The molecule has 5 rings (SSSR count). The first-order valence-electron chi connectivity index (χ1n) is 11.2. The van der Waals surface area contributed by atoms with E-state index in [-0.39, 0.29) is 19.0 Å². The van der Waals surface area contributed by atoms with E-state index in [1.165, 1.54) is 16.9 Å². The zero-order chi connectivity index (χ0) is 25.4. The number of rotatable bonds is 6. The van der Waals surface area contributed by atoms with Crippen LogP contribution >= 0.6 is 27.5 Å². The number of hydrogen-bond donors (Lipinski definition) is 0. The summed E-state index contributed by atoms with van der Waals surface area (Å²) < 4.78 is 6.31. The first kappa shape index (κ1) is 24.0. The molecule has 0 aliphatic carbocycles. The van der Waals surface area contributed by atoms with Crippen molar-refractivity contribution in [3.05, 3.63) is 105 Å². The standard InChI is InChI=1S/C28H20BrClN2O4/c1-36-24-8-3-2-7-23(24)31(26(33)17-9-11-18(30)12-10-17)15-16-32-27(34)20-6-4-5-19-22(29)14-13-21(25(19)20)28(32)35/h2-14H,15-16H2,1H3. The molecule has 8 heteroatoms. The van der Waals surface area contributed by atoms with Gasteiger partial charge in [-0.1, -0.05) is 51.8 Å².